The maximum atomic E-state index is 3.60. The van der Waals surface area contributed by atoms with Gasteiger partial charge in [0.15, 0.2) is 0 Å². The van der Waals surface area contributed by atoms with Crippen molar-refractivity contribution in [2.24, 2.45) is 0 Å². The zero-order chi connectivity index (χ0) is 19.8. The maximum absolute atomic E-state index is 3.60. The smallest absolute Gasteiger partial charge is 0.0283 e. The summed E-state index contributed by atoms with van der Waals surface area (Å²) >= 11 is 0. The van der Waals surface area contributed by atoms with Crippen LogP contribution < -0.4 is 5.32 Å². The van der Waals surface area contributed by atoms with Crippen molar-refractivity contribution in [2.75, 3.05) is 13.6 Å². The molecule has 0 unspecified atom stereocenters. The third kappa shape index (κ3) is 5.31. The molecule has 0 aliphatic carbocycles. The molecule has 1 atom stereocenters. The molecule has 0 saturated carbocycles. The van der Waals surface area contributed by atoms with Gasteiger partial charge >= 0.3 is 0 Å². The lowest BCUT2D eigenvalue weighted by Gasteiger charge is -2.38. The largest absolute Gasteiger partial charge is 0.315 e. The van der Waals surface area contributed by atoms with Gasteiger partial charge < -0.3 is 5.32 Å². The van der Waals surface area contributed by atoms with E-state index < -0.39 is 0 Å². The van der Waals surface area contributed by atoms with Crippen LogP contribution in [0.5, 0.6) is 0 Å². The molecule has 1 N–H and O–H groups in total. The van der Waals surface area contributed by atoms with Crippen LogP contribution in [-0.4, -0.2) is 24.5 Å². The fourth-order valence-corrected chi connectivity index (χ4v) is 3.88. The van der Waals surface area contributed by atoms with E-state index >= 15 is 0 Å². The minimum atomic E-state index is 0.0294. The minimum absolute atomic E-state index is 0.0294. The normalized spacial score (nSPS) is 12.9. The van der Waals surface area contributed by atoms with Crippen molar-refractivity contribution in [1.29, 1.82) is 0 Å². The number of rotatable bonds is 9. The summed E-state index contributed by atoms with van der Waals surface area (Å²) in [6.45, 7) is 7.54. The molecular formula is C26H32N2. The van der Waals surface area contributed by atoms with Crippen molar-refractivity contribution < 1.29 is 0 Å². The van der Waals surface area contributed by atoms with Crippen molar-refractivity contribution in [3.63, 3.8) is 0 Å². The van der Waals surface area contributed by atoms with Gasteiger partial charge in [-0.3, -0.25) is 4.90 Å². The molecule has 3 aromatic carbocycles. The molecule has 0 amide bonds. The SMILES string of the molecule is CN[C@@H](CN(Cc1ccccc1)Cc1ccccc1)C(C)(C)c1ccccc1. The summed E-state index contributed by atoms with van der Waals surface area (Å²) in [5, 5.41) is 3.60. The molecule has 0 radical (unpaired) electrons. The lowest BCUT2D eigenvalue weighted by atomic mass is 9.77. The number of hydrogen-bond acceptors (Lipinski definition) is 2. The van der Waals surface area contributed by atoms with Crippen molar-refractivity contribution in [3.05, 3.63) is 108 Å². The summed E-state index contributed by atoms with van der Waals surface area (Å²) < 4.78 is 0. The van der Waals surface area contributed by atoms with Crippen LogP contribution in [0.3, 0.4) is 0 Å². The van der Waals surface area contributed by atoms with Crippen LogP contribution >= 0.6 is 0 Å². The summed E-state index contributed by atoms with van der Waals surface area (Å²) in [6.07, 6.45) is 0. The summed E-state index contributed by atoms with van der Waals surface area (Å²) in [4.78, 5) is 2.55. The molecule has 0 spiro atoms. The summed E-state index contributed by atoms with van der Waals surface area (Å²) in [5.74, 6) is 0. The van der Waals surface area contributed by atoms with Gasteiger partial charge in [-0.2, -0.15) is 0 Å². The zero-order valence-corrected chi connectivity index (χ0v) is 17.3. The van der Waals surface area contributed by atoms with E-state index in [9.17, 15) is 0 Å². The molecule has 0 heterocycles. The molecule has 0 bridgehead atoms. The highest BCUT2D eigenvalue weighted by Crippen LogP contribution is 2.28. The zero-order valence-electron chi connectivity index (χ0n) is 17.3. The molecule has 3 rings (SSSR count). The van der Waals surface area contributed by atoms with Crippen molar-refractivity contribution in [1.82, 2.24) is 10.2 Å². The highest BCUT2D eigenvalue weighted by atomic mass is 15.1. The van der Waals surface area contributed by atoms with Crippen LogP contribution in [0.25, 0.3) is 0 Å². The number of nitrogens with zero attached hydrogens (tertiary/aromatic N) is 1. The van der Waals surface area contributed by atoms with Gasteiger partial charge in [0.1, 0.15) is 0 Å². The molecule has 0 aliphatic rings. The van der Waals surface area contributed by atoms with Gasteiger partial charge in [0.25, 0.3) is 0 Å². The van der Waals surface area contributed by atoms with Gasteiger partial charge in [-0.25, -0.2) is 0 Å². The highest BCUT2D eigenvalue weighted by molar-refractivity contribution is 5.26. The second-order valence-corrected chi connectivity index (χ2v) is 8.07. The Morgan fingerprint density at radius 3 is 1.57 bits per heavy atom. The fraction of sp³-hybridized carbons (Fsp3) is 0.308. The third-order valence-electron chi connectivity index (χ3n) is 5.68. The first kappa shape index (κ1) is 20.3. The van der Waals surface area contributed by atoms with Gasteiger partial charge in [0, 0.05) is 31.1 Å². The molecule has 2 nitrogen and oxygen atoms in total. The summed E-state index contributed by atoms with van der Waals surface area (Å²) in [7, 11) is 2.08. The van der Waals surface area contributed by atoms with Crippen LogP contribution in [0.1, 0.15) is 30.5 Å². The third-order valence-corrected chi connectivity index (χ3v) is 5.68. The maximum Gasteiger partial charge on any atom is 0.0283 e. The first-order chi connectivity index (χ1) is 13.6. The molecule has 2 heteroatoms. The second-order valence-electron chi connectivity index (χ2n) is 8.07. The molecule has 0 aromatic heterocycles. The molecular weight excluding hydrogens is 340 g/mol. The van der Waals surface area contributed by atoms with Crippen LogP contribution in [0.15, 0.2) is 91.0 Å². The van der Waals surface area contributed by atoms with E-state index in [0.717, 1.165) is 19.6 Å². The van der Waals surface area contributed by atoms with Crippen molar-refractivity contribution in [2.45, 2.75) is 38.4 Å². The van der Waals surface area contributed by atoms with Crippen molar-refractivity contribution in [3.8, 4) is 0 Å². The van der Waals surface area contributed by atoms with Crippen LogP contribution in [0.4, 0.5) is 0 Å². The predicted molar refractivity (Wildman–Crippen MR) is 119 cm³/mol. The first-order valence-electron chi connectivity index (χ1n) is 10.1. The van der Waals surface area contributed by atoms with Gasteiger partial charge in [0.2, 0.25) is 0 Å². The van der Waals surface area contributed by atoms with Gasteiger partial charge in [-0.1, -0.05) is 105 Å². The summed E-state index contributed by atoms with van der Waals surface area (Å²) in [6, 6.07) is 32.7. The Morgan fingerprint density at radius 2 is 1.14 bits per heavy atom. The Balaban J connectivity index is 1.81. The first-order valence-corrected chi connectivity index (χ1v) is 10.1. The van der Waals surface area contributed by atoms with Gasteiger partial charge in [0.05, 0.1) is 0 Å². The lowest BCUT2D eigenvalue weighted by Crippen LogP contribution is -2.50. The van der Waals surface area contributed by atoms with E-state index in [1.165, 1.54) is 16.7 Å². The average Bonchev–Trinajstić information content (AvgIpc) is 2.74. The Bertz CT molecular complexity index is 771. The van der Waals surface area contributed by atoms with Crippen molar-refractivity contribution >= 4 is 0 Å². The van der Waals surface area contributed by atoms with E-state index in [2.05, 4.69) is 122 Å². The lowest BCUT2D eigenvalue weighted by molar-refractivity contribution is 0.193. The number of hydrogen-bond donors (Lipinski definition) is 1. The van der Waals surface area contributed by atoms with E-state index in [-0.39, 0.29) is 5.41 Å². The standard InChI is InChI=1S/C26H32N2/c1-26(2,24-17-11-6-12-18-24)25(27-3)21-28(19-22-13-7-4-8-14-22)20-23-15-9-5-10-16-23/h4-18,25,27H,19-21H2,1-3H3/t25-/m0/s1. The predicted octanol–water partition coefficient (Wildman–Crippen LogP) is 5.25. The second kappa shape index (κ2) is 9.68. The van der Waals surface area contributed by atoms with Gasteiger partial charge in [-0.15, -0.1) is 0 Å². The average molecular weight is 373 g/mol. The number of benzene rings is 3. The molecule has 146 valence electrons. The number of likely N-dealkylation sites (N-methyl/N-ethyl adjacent to an activating group) is 1. The Labute approximate surface area is 170 Å². The monoisotopic (exact) mass is 372 g/mol. The fourth-order valence-electron chi connectivity index (χ4n) is 3.88. The van der Waals surface area contributed by atoms with Gasteiger partial charge in [-0.05, 0) is 23.7 Å². The van der Waals surface area contributed by atoms with E-state index in [1.807, 2.05) is 0 Å². The van der Waals surface area contributed by atoms with Crippen LogP contribution in [0.2, 0.25) is 0 Å². The van der Waals surface area contributed by atoms with Crippen LogP contribution in [0, 0.1) is 0 Å². The quantitative estimate of drug-likeness (QED) is 0.551. The van der Waals surface area contributed by atoms with E-state index in [4.69, 9.17) is 0 Å². The highest BCUT2D eigenvalue weighted by Gasteiger charge is 2.31. The number of nitrogens with one attached hydrogen (secondary N) is 1. The molecule has 28 heavy (non-hydrogen) atoms. The Hall–Kier alpha value is -2.42. The molecule has 0 aliphatic heterocycles. The molecule has 3 aromatic rings. The topological polar surface area (TPSA) is 15.3 Å². The molecule has 0 fully saturated rings. The van der Waals surface area contributed by atoms with Crippen LogP contribution in [-0.2, 0) is 18.5 Å². The van der Waals surface area contributed by atoms with E-state index in [1.54, 1.807) is 0 Å². The Morgan fingerprint density at radius 1 is 0.714 bits per heavy atom. The summed E-state index contributed by atoms with van der Waals surface area (Å²) in [5.41, 5.74) is 4.10. The Kier molecular flexibility index (Phi) is 7.02. The minimum Gasteiger partial charge on any atom is -0.315 e. The van der Waals surface area contributed by atoms with E-state index in [0.29, 0.717) is 6.04 Å². The molecule has 0 saturated heterocycles.